The third kappa shape index (κ3) is 9.28. The molecule has 1 aromatic heterocycles. The van der Waals surface area contributed by atoms with Crippen molar-refractivity contribution in [3.63, 3.8) is 0 Å². The summed E-state index contributed by atoms with van der Waals surface area (Å²) in [5.74, 6) is -3.77. The topological polar surface area (TPSA) is 98.1 Å². The van der Waals surface area contributed by atoms with Crippen molar-refractivity contribution < 1.29 is 29.0 Å². The summed E-state index contributed by atoms with van der Waals surface area (Å²) in [6.45, 7) is 8.20. The summed E-state index contributed by atoms with van der Waals surface area (Å²) in [6, 6.07) is 9.18. The van der Waals surface area contributed by atoms with Gasteiger partial charge in [-0.05, 0) is 99.2 Å². The molecule has 4 rings (SSSR count). The van der Waals surface area contributed by atoms with Crippen LogP contribution in [0.3, 0.4) is 0 Å². The number of benzene rings is 1. The van der Waals surface area contributed by atoms with Crippen molar-refractivity contribution in [1.82, 2.24) is 9.80 Å². The molecule has 2 fully saturated rings. The number of carboxylic acid groups (broad SMARTS) is 2. The Morgan fingerprint density at radius 3 is 2.10 bits per heavy atom. The van der Waals surface area contributed by atoms with Crippen LogP contribution in [-0.4, -0.2) is 70.6 Å². The van der Waals surface area contributed by atoms with Crippen LogP contribution in [0.5, 0.6) is 0 Å². The van der Waals surface area contributed by atoms with Crippen LogP contribution in [0.4, 0.5) is 4.39 Å². The molecule has 1 amide bonds. The largest absolute Gasteiger partial charge is 0.481 e. The van der Waals surface area contributed by atoms with Crippen LogP contribution in [0.1, 0.15) is 67.9 Å². The lowest BCUT2D eigenvalue weighted by Crippen LogP contribution is -2.36. The van der Waals surface area contributed by atoms with Gasteiger partial charge in [0.25, 0.3) is 0 Å². The van der Waals surface area contributed by atoms with Gasteiger partial charge >= 0.3 is 11.9 Å². The molecular formula is C30H39FN2O5S. The number of piperidine rings is 2. The van der Waals surface area contributed by atoms with E-state index in [0.29, 0.717) is 12.3 Å². The highest BCUT2D eigenvalue weighted by molar-refractivity contribution is 7.11. The van der Waals surface area contributed by atoms with Crippen molar-refractivity contribution in [1.29, 1.82) is 0 Å². The predicted octanol–water partition coefficient (Wildman–Crippen LogP) is 5.68. The number of hydrogen-bond acceptors (Lipinski definition) is 5. The second kappa shape index (κ2) is 14.9. The van der Waals surface area contributed by atoms with E-state index in [0.717, 1.165) is 77.3 Å². The first-order valence-corrected chi connectivity index (χ1v) is 14.5. The van der Waals surface area contributed by atoms with E-state index in [9.17, 15) is 18.8 Å². The van der Waals surface area contributed by atoms with Gasteiger partial charge in [0.2, 0.25) is 5.91 Å². The number of carbonyl (C=O) groups is 3. The van der Waals surface area contributed by atoms with Crippen molar-refractivity contribution in [2.45, 2.75) is 58.8 Å². The smallest absolute Gasteiger partial charge is 0.317 e. The molecule has 2 aliphatic rings. The van der Waals surface area contributed by atoms with Crippen LogP contribution in [0.2, 0.25) is 0 Å². The summed E-state index contributed by atoms with van der Waals surface area (Å²) in [7, 11) is 0. The van der Waals surface area contributed by atoms with E-state index in [1.165, 1.54) is 28.0 Å². The van der Waals surface area contributed by atoms with Crippen molar-refractivity contribution in [3.05, 3.63) is 63.1 Å². The summed E-state index contributed by atoms with van der Waals surface area (Å²) in [5.41, 5.74) is 5.14. The molecule has 0 bridgehead atoms. The van der Waals surface area contributed by atoms with Crippen molar-refractivity contribution >= 4 is 34.8 Å². The number of aryl methyl sites for hydroxylation is 1. The molecule has 0 unspecified atom stereocenters. The maximum atomic E-state index is 13.5. The first kappa shape index (κ1) is 30.5. The van der Waals surface area contributed by atoms with Crippen LogP contribution < -0.4 is 0 Å². The molecule has 0 atom stereocenters. The number of amides is 1. The van der Waals surface area contributed by atoms with E-state index in [1.807, 2.05) is 12.1 Å². The molecule has 0 aliphatic carbocycles. The van der Waals surface area contributed by atoms with E-state index in [-0.39, 0.29) is 5.82 Å². The molecule has 2 aliphatic heterocycles. The van der Waals surface area contributed by atoms with Gasteiger partial charge in [-0.1, -0.05) is 17.7 Å². The zero-order valence-corrected chi connectivity index (χ0v) is 23.6. The maximum Gasteiger partial charge on any atom is 0.317 e. The molecule has 39 heavy (non-hydrogen) atoms. The van der Waals surface area contributed by atoms with Crippen LogP contribution >= 0.6 is 11.3 Å². The quantitative estimate of drug-likeness (QED) is 0.405. The number of nitrogens with zero attached hydrogens (tertiary/aromatic N) is 2. The maximum absolute atomic E-state index is 13.5. The highest BCUT2D eigenvalue weighted by Crippen LogP contribution is 2.35. The Bertz CT molecular complexity index is 1130. The second-order valence-electron chi connectivity index (χ2n) is 10.3. The van der Waals surface area contributed by atoms with Gasteiger partial charge in [0.15, 0.2) is 5.92 Å². The minimum atomic E-state index is -1.31. The summed E-state index contributed by atoms with van der Waals surface area (Å²) in [5, 5.41) is 18.1. The van der Waals surface area contributed by atoms with Gasteiger partial charge in [-0.25, -0.2) is 4.39 Å². The van der Waals surface area contributed by atoms with E-state index >= 15 is 0 Å². The summed E-state index contributed by atoms with van der Waals surface area (Å²) >= 11 is 1.77. The third-order valence-corrected chi connectivity index (χ3v) is 8.30. The molecule has 9 heteroatoms. The SMILES string of the molecule is CC(C(=O)O)C(=O)O.Cc1csc(C(=C2CCN(CCCC(=O)N3CCCCC3)CC2)c2ccc(F)cc2)c1. The summed E-state index contributed by atoms with van der Waals surface area (Å²) in [6.07, 6.45) is 7.27. The minimum Gasteiger partial charge on any atom is -0.481 e. The number of halogens is 1. The Balaban J connectivity index is 0.000000459. The standard InChI is InChI=1S/C26H33FN2OS.C4H6O4/c1-20-18-24(31-19-20)26(21-7-9-23(27)10-8-21)22-11-16-28(17-12-22)13-5-6-25(30)29-14-3-2-4-15-29;1-2(3(5)6)4(7)8/h7-10,18-19H,2-6,11-17H2,1H3;2H,1H3,(H,5,6)(H,7,8). The number of carboxylic acids is 2. The Hall–Kier alpha value is -3.04. The van der Waals surface area contributed by atoms with Crippen molar-refractivity contribution in [3.8, 4) is 0 Å². The lowest BCUT2D eigenvalue weighted by molar-refractivity contribution is -0.153. The highest BCUT2D eigenvalue weighted by Gasteiger charge is 2.21. The first-order valence-electron chi connectivity index (χ1n) is 13.6. The number of aliphatic carboxylic acids is 2. The van der Waals surface area contributed by atoms with Gasteiger partial charge in [0, 0.05) is 37.5 Å². The fraction of sp³-hybridized carbons (Fsp3) is 0.500. The fourth-order valence-corrected chi connectivity index (χ4v) is 5.87. The molecule has 2 saturated heterocycles. The monoisotopic (exact) mass is 558 g/mol. The van der Waals surface area contributed by atoms with E-state index in [4.69, 9.17) is 10.2 Å². The Labute approximate surface area is 233 Å². The minimum absolute atomic E-state index is 0.190. The average molecular weight is 559 g/mol. The van der Waals surface area contributed by atoms with Gasteiger partial charge in [-0.3, -0.25) is 14.4 Å². The number of rotatable bonds is 8. The molecule has 0 radical (unpaired) electrons. The van der Waals surface area contributed by atoms with Gasteiger partial charge in [-0.2, -0.15) is 0 Å². The second-order valence-corrected chi connectivity index (χ2v) is 11.2. The number of likely N-dealkylation sites (tertiary alicyclic amines) is 2. The van der Waals surface area contributed by atoms with Crippen LogP contribution in [0, 0.1) is 18.7 Å². The molecular weight excluding hydrogens is 519 g/mol. The Morgan fingerprint density at radius 2 is 1.59 bits per heavy atom. The Kier molecular flexibility index (Phi) is 11.7. The summed E-state index contributed by atoms with van der Waals surface area (Å²) < 4.78 is 13.5. The number of carbonyl (C=O) groups excluding carboxylic acids is 1. The molecule has 0 spiro atoms. The first-order chi connectivity index (χ1) is 18.7. The third-order valence-electron chi connectivity index (χ3n) is 7.24. The van der Waals surface area contributed by atoms with Crippen molar-refractivity contribution in [2.24, 2.45) is 5.92 Å². The van der Waals surface area contributed by atoms with Crippen LogP contribution in [0.25, 0.3) is 5.57 Å². The Morgan fingerprint density at radius 1 is 0.974 bits per heavy atom. The fourth-order valence-electron chi connectivity index (χ4n) is 4.86. The van der Waals surface area contributed by atoms with E-state index in [2.05, 4.69) is 28.2 Å². The molecule has 2 aromatic rings. The molecule has 0 saturated carbocycles. The molecule has 7 nitrogen and oxygen atoms in total. The zero-order valence-electron chi connectivity index (χ0n) is 22.8. The van der Waals surface area contributed by atoms with Crippen molar-refractivity contribution in [2.75, 3.05) is 32.7 Å². The molecule has 2 N–H and O–H groups in total. The average Bonchev–Trinajstić information content (AvgIpc) is 3.36. The lowest BCUT2D eigenvalue weighted by Gasteiger charge is -2.30. The number of hydrogen-bond donors (Lipinski definition) is 2. The molecule has 3 heterocycles. The van der Waals surface area contributed by atoms with E-state index in [1.54, 1.807) is 23.5 Å². The zero-order chi connectivity index (χ0) is 28.4. The molecule has 212 valence electrons. The number of thiophene rings is 1. The van der Waals surface area contributed by atoms with Crippen LogP contribution in [-0.2, 0) is 14.4 Å². The van der Waals surface area contributed by atoms with Gasteiger partial charge < -0.3 is 20.0 Å². The van der Waals surface area contributed by atoms with Gasteiger partial charge in [-0.15, -0.1) is 11.3 Å². The summed E-state index contributed by atoms with van der Waals surface area (Å²) in [4.78, 5) is 37.7. The van der Waals surface area contributed by atoms with E-state index < -0.39 is 17.9 Å². The van der Waals surface area contributed by atoms with Gasteiger partial charge in [0.05, 0.1) is 0 Å². The normalized spacial score (nSPS) is 16.0. The van der Waals surface area contributed by atoms with Gasteiger partial charge in [0.1, 0.15) is 5.82 Å². The van der Waals surface area contributed by atoms with Crippen LogP contribution in [0.15, 0.2) is 41.3 Å². The lowest BCUT2D eigenvalue weighted by atomic mass is 9.91. The highest BCUT2D eigenvalue weighted by atomic mass is 32.1. The molecule has 1 aromatic carbocycles. The predicted molar refractivity (Wildman–Crippen MR) is 151 cm³/mol.